The molecule has 3 N–H and O–H groups in total. The van der Waals surface area contributed by atoms with Gasteiger partial charge in [0, 0.05) is 13.5 Å². The third-order valence-electron chi connectivity index (χ3n) is 2.70. The molecular formula is C13H19N3O2. The second-order valence-corrected chi connectivity index (χ2v) is 4.68. The molecule has 0 aliphatic rings. The highest BCUT2D eigenvalue weighted by atomic mass is 16.2. The fourth-order valence-electron chi connectivity index (χ4n) is 1.63. The Morgan fingerprint density at radius 2 is 1.72 bits per heavy atom. The topological polar surface area (TPSA) is 70.2 Å². The fraction of sp³-hybridized carbons (Fsp3) is 0.385. The molecule has 0 spiro atoms. The van der Waals surface area contributed by atoms with E-state index in [1.807, 2.05) is 44.2 Å². The first-order valence-electron chi connectivity index (χ1n) is 5.78. The van der Waals surface area contributed by atoms with Crippen LogP contribution in [0.1, 0.15) is 25.8 Å². The maximum Gasteiger partial charge on any atom is 0.333 e. The Morgan fingerprint density at radius 1 is 1.11 bits per heavy atom. The van der Waals surface area contributed by atoms with Crippen LogP contribution >= 0.6 is 0 Å². The van der Waals surface area contributed by atoms with E-state index in [4.69, 9.17) is 0 Å². The highest BCUT2D eigenvalue weighted by Crippen LogP contribution is 2.26. The molecule has 0 aliphatic heterocycles. The van der Waals surface area contributed by atoms with Gasteiger partial charge in [-0.05, 0) is 11.0 Å². The number of hydrazine groups is 1. The van der Waals surface area contributed by atoms with Gasteiger partial charge in [0.05, 0.1) is 0 Å². The molecule has 5 heteroatoms. The van der Waals surface area contributed by atoms with Crippen LogP contribution in [0.5, 0.6) is 0 Å². The molecule has 0 fully saturated rings. The van der Waals surface area contributed by atoms with Crippen molar-refractivity contribution in [2.45, 2.75) is 25.7 Å². The molecule has 0 unspecified atom stereocenters. The van der Waals surface area contributed by atoms with Crippen LogP contribution in [0.15, 0.2) is 30.3 Å². The number of hydrogen-bond acceptors (Lipinski definition) is 2. The van der Waals surface area contributed by atoms with Crippen molar-refractivity contribution in [2.75, 3.05) is 7.05 Å². The molecule has 0 saturated heterocycles. The van der Waals surface area contributed by atoms with Crippen LogP contribution in [0.4, 0.5) is 4.79 Å². The highest BCUT2D eigenvalue weighted by molar-refractivity contribution is 5.81. The van der Waals surface area contributed by atoms with E-state index in [0.29, 0.717) is 6.42 Å². The number of nitrogens with one attached hydrogen (secondary N) is 3. The maximum absolute atomic E-state index is 11.7. The van der Waals surface area contributed by atoms with Crippen LogP contribution in [0.2, 0.25) is 0 Å². The van der Waals surface area contributed by atoms with Gasteiger partial charge in [0.1, 0.15) is 0 Å². The molecule has 0 aliphatic carbocycles. The molecule has 0 saturated carbocycles. The largest absolute Gasteiger partial charge is 0.340 e. The molecule has 1 aromatic rings. The van der Waals surface area contributed by atoms with Crippen LogP contribution in [0, 0.1) is 0 Å². The molecule has 98 valence electrons. The van der Waals surface area contributed by atoms with E-state index in [9.17, 15) is 9.59 Å². The molecule has 1 aromatic carbocycles. The Hall–Kier alpha value is -2.04. The first-order chi connectivity index (χ1) is 8.45. The Morgan fingerprint density at radius 3 is 2.28 bits per heavy atom. The van der Waals surface area contributed by atoms with Gasteiger partial charge in [0.2, 0.25) is 5.91 Å². The van der Waals surface area contributed by atoms with Crippen molar-refractivity contribution in [2.24, 2.45) is 0 Å². The van der Waals surface area contributed by atoms with Gasteiger partial charge >= 0.3 is 6.03 Å². The van der Waals surface area contributed by atoms with E-state index >= 15 is 0 Å². The van der Waals surface area contributed by atoms with Crippen molar-refractivity contribution < 1.29 is 9.59 Å². The van der Waals surface area contributed by atoms with E-state index in [-0.39, 0.29) is 11.3 Å². The second-order valence-electron chi connectivity index (χ2n) is 4.68. The van der Waals surface area contributed by atoms with Crippen LogP contribution < -0.4 is 16.2 Å². The number of carbonyl (C=O) groups is 2. The third kappa shape index (κ3) is 4.08. The first kappa shape index (κ1) is 14.0. The zero-order valence-corrected chi connectivity index (χ0v) is 10.9. The normalized spacial score (nSPS) is 10.6. The minimum absolute atomic E-state index is 0.229. The molecule has 0 radical (unpaired) electrons. The summed E-state index contributed by atoms with van der Waals surface area (Å²) in [6.45, 7) is 3.98. The van der Waals surface area contributed by atoms with Gasteiger partial charge in [-0.1, -0.05) is 44.2 Å². The van der Waals surface area contributed by atoms with E-state index in [1.165, 1.54) is 7.05 Å². The monoisotopic (exact) mass is 249 g/mol. The van der Waals surface area contributed by atoms with Gasteiger partial charge in [-0.2, -0.15) is 0 Å². The number of urea groups is 1. The zero-order valence-electron chi connectivity index (χ0n) is 10.9. The SMILES string of the molecule is CNC(=O)NNC(=O)CC(C)(C)c1ccccc1. The summed E-state index contributed by atoms with van der Waals surface area (Å²) >= 11 is 0. The Kier molecular flexibility index (Phi) is 4.71. The number of amides is 3. The van der Waals surface area contributed by atoms with Gasteiger partial charge in [-0.3, -0.25) is 10.2 Å². The third-order valence-corrected chi connectivity index (χ3v) is 2.70. The van der Waals surface area contributed by atoms with Crippen molar-refractivity contribution in [1.82, 2.24) is 16.2 Å². The average molecular weight is 249 g/mol. The summed E-state index contributed by atoms with van der Waals surface area (Å²) in [7, 11) is 1.48. The molecule has 0 aromatic heterocycles. The van der Waals surface area contributed by atoms with Crippen molar-refractivity contribution in [3.8, 4) is 0 Å². The second kappa shape index (κ2) is 6.05. The lowest BCUT2D eigenvalue weighted by Gasteiger charge is -2.24. The lowest BCUT2D eigenvalue weighted by atomic mass is 9.81. The Bertz CT molecular complexity index is 416. The van der Waals surface area contributed by atoms with Crippen molar-refractivity contribution in [3.05, 3.63) is 35.9 Å². The predicted octanol–water partition coefficient (Wildman–Crippen LogP) is 1.31. The van der Waals surface area contributed by atoms with E-state index in [1.54, 1.807) is 0 Å². The molecule has 18 heavy (non-hydrogen) atoms. The average Bonchev–Trinajstić information content (AvgIpc) is 2.36. The molecule has 0 bridgehead atoms. The maximum atomic E-state index is 11.7. The van der Waals surface area contributed by atoms with Crippen LogP contribution in [0.3, 0.4) is 0 Å². The quantitative estimate of drug-likeness (QED) is 0.707. The summed E-state index contributed by atoms with van der Waals surface area (Å²) in [5.74, 6) is -0.229. The summed E-state index contributed by atoms with van der Waals surface area (Å²) in [4.78, 5) is 22.6. The molecule has 0 heterocycles. The standard InChI is InChI=1S/C13H19N3O2/c1-13(2,10-7-5-4-6-8-10)9-11(17)15-16-12(18)14-3/h4-8H,9H2,1-3H3,(H,15,17)(H2,14,16,18). The number of hydrogen-bond donors (Lipinski definition) is 3. The molecule has 5 nitrogen and oxygen atoms in total. The molecular weight excluding hydrogens is 230 g/mol. The van der Waals surface area contributed by atoms with Crippen molar-refractivity contribution in [1.29, 1.82) is 0 Å². The van der Waals surface area contributed by atoms with E-state index in [0.717, 1.165) is 5.56 Å². The van der Waals surface area contributed by atoms with Crippen LogP contribution in [0.25, 0.3) is 0 Å². The molecule has 1 rings (SSSR count). The minimum Gasteiger partial charge on any atom is -0.340 e. The lowest BCUT2D eigenvalue weighted by molar-refractivity contribution is -0.122. The number of rotatable bonds is 3. The van der Waals surface area contributed by atoms with Crippen molar-refractivity contribution in [3.63, 3.8) is 0 Å². The first-order valence-corrected chi connectivity index (χ1v) is 5.78. The molecule has 3 amide bonds. The summed E-state index contributed by atoms with van der Waals surface area (Å²) in [5, 5.41) is 2.35. The minimum atomic E-state index is -0.444. The smallest absolute Gasteiger partial charge is 0.333 e. The van der Waals surface area contributed by atoms with Gasteiger partial charge in [0.15, 0.2) is 0 Å². The summed E-state index contributed by atoms with van der Waals surface area (Å²) in [6.07, 6.45) is 0.293. The zero-order chi connectivity index (χ0) is 13.6. The van der Waals surface area contributed by atoms with E-state index in [2.05, 4.69) is 16.2 Å². The van der Waals surface area contributed by atoms with Crippen LogP contribution in [-0.2, 0) is 10.2 Å². The fourth-order valence-corrected chi connectivity index (χ4v) is 1.63. The summed E-state index contributed by atoms with van der Waals surface area (Å²) in [6, 6.07) is 9.35. The highest BCUT2D eigenvalue weighted by Gasteiger charge is 2.24. The van der Waals surface area contributed by atoms with Gasteiger partial charge in [-0.25, -0.2) is 10.2 Å². The summed E-state index contributed by atoms with van der Waals surface area (Å²) in [5.41, 5.74) is 5.42. The van der Waals surface area contributed by atoms with Crippen LogP contribution in [-0.4, -0.2) is 19.0 Å². The Balaban J connectivity index is 2.55. The number of carbonyl (C=O) groups excluding carboxylic acids is 2. The van der Waals surface area contributed by atoms with Gasteiger partial charge < -0.3 is 5.32 Å². The van der Waals surface area contributed by atoms with E-state index < -0.39 is 6.03 Å². The summed E-state index contributed by atoms with van der Waals surface area (Å²) < 4.78 is 0. The van der Waals surface area contributed by atoms with Gasteiger partial charge in [-0.15, -0.1) is 0 Å². The molecule has 0 atom stereocenters. The number of benzene rings is 1. The Labute approximate surface area is 107 Å². The predicted molar refractivity (Wildman–Crippen MR) is 69.8 cm³/mol. The lowest BCUT2D eigenvalue weighted by Crippen LogP contribution is -2.47. The van der Waals surface area contributed by atoms with Gasteiger partial charge in [0.25, 0.3) is 0 Å². The van der Waals surface area contributed by atoms with Crippen molar-refractivity contribution >= 4 is 11.9 Å².